The number of hydrogen-bond donors (Lipinski definition) is 0. The number of ether oxygens (including phenoxy) is 1. The third-order valence-corrected chi connectivity index (χ3v) is 5.92. The summed E-state index contributed by atoms with van der Waals surface area (Å²) in [6.45, 7) is 8.81. The summed E-state index contributed by atoms with van der Waals surface area (Å²) in [6.07, 6.45) is 4.40. The van der Waals surface area contributed by atoms with Crippen molar-refractivity contribution in [2.24, 2.45) is 5.92 Å². The van der Waals surface area contributed by atoms with Gasteiger partial charge in [0.15, 0.2) is 0 Å². The van der Waals surface area contributed by atoms with Gasteiger partial charge in [-0.2, -0.15) is 0 Å². The van der Waals surface area contributed by atoms with E-state index < -0.39 is 0 Å². The van der Waals surface area contributed by atoms with Crippen LogP contribution in [0.25, 0.3) is 0 Å². The lowest BCUT2D eigenvalue weighted by Gasteiger charge is -2.20. The van der Waals surface area contributed by atoms with Crippen LogP contribution in [-0.2, 0) is 19.3 Å². The summed E-state index contributed by atoms with van der Waals surface area (Å²) >= 11 is 7.35. The first-order valence-electron chi connectivity index (χ1n) is 9.15. The number of halogens is 2. The normalized spacial score (nSPS) is 13.5. The van der Waals surface area contributed by atoms with Crippen LogP contribution in [0.1, 0.15) is 50.8 Å². The molecule has 0 aliphatic rings. The minimum Gasteiger partial charge on any atom is -0.490 e. The lowest BCUT2D eigenvalue weighted by Crippen LogP contribution is -2.17. The Morgan fingerprint density at radius 3 is 2.04 bits per heavy atom. The third-order valence-electron chi connectivity index (χ3n) is 4.56. The summed E-state index contributed by atoms with van der Waals surface area (Å²) in [6, 6.07) is 13.1. The van der Waals surface area contributed by atoms with Crippen LogP contribution < -0.4 is 4.74 Å². The van der Waals surface area contributed by atoms with Crippen molar-refractivity contribution >= 4 is 31.9 Å². The third kappa shape index (κ3) is 6.14. The van der Waals surface area contributed by atoms with Crippen molar-refractivity contribution in [3.8, 4) is 5.75 Å². The molecule has 0 bridgehead atoms. The minimum atomic E-state index is 0.187. The van der Waals surface area contributed by atoms with Gasteiger partial charge in [0.05, 0.1) is 10.6 Å². The quantitative estimate of drug-likeness (QED) is 0.393. The molecule has 25 heavy (non-hydrogen) atoms. The second kappa shape index (κ2) is 9.78. The van der Waals surface area contributed by atoms with Crippen LogP contribution in [0, 0.1) is 5.92 Å². The van der Waals surface area contributed by atoms with Crippen molar-refractivity contribution in [3.05, 3.63) is 62.0 Å². The van der Waals surface area contributed by atoms with Crippen LogP contribution >= 0.6 is 31.9 Å². The van der Waals surface area contributed by atoms with Gasteiger partial charge in [-0.25, -0.2) is 0 Å². The molecular weight excluding hydrogens is 440 g/mol. The largest absolute Gasteiger partial charge is 0.490 e. The summed E-state index contributed by atoms with van der Waals surface area (Å²) < 4.78 is 8.43. The molecule has 0 saturated carbocycles. The lowest BCUT2D eigenvalue weighted by atomic mass is 9.95. The summed E-state index contributed by atoms with van der Waals surface area (Å²) in [5.74, 6) is 1.50. The fourth-order valence-electron chi connectivity index (χ4n) is 3.13. The predicted octanol–water partition coefficient (Wildman–Crippen LogP) is 7.37. The zero-order chi connectivity index (χ0) is 18.4. The summed E-state index contributed by atoms with van der Waals surface area (Å²) in [7, 11) is 0. The molecule has 0 saturated heterocycles. The van der Waals surface area contributed by atoms with E-state index in [1.54, 1.807) is 0 Å². The predicted molar refractivity (Wildman–Crippen MR) is 115 cm³/mol. The fraction of sp³-hybridized carbons (Fsp3) is 0.455. The highest BCUT2D eigenvalue weighted by Crippen LogP contribution is 2.29. The van der Waals surface area contributed by atoms with Gasteiger partial charge >= 0.3 is 0 Å². The van der Waals surface area contributed by atoms with Gasteiger partial charge in [0.2, 0.25) is 0 Å². The zero-order valence-electron chi connectivity index (χ0n) is 15.6. The first kappa shape index (κ1) is 20.5. The molecule has 0 radical (unpaired) electrons. The maximum Gasteiger partial charge on any atom is 0.133 e. The number of hydrogen-bond acceptors (Lipinski definition) is 1. The van der Waals surface area contributed by atoms with E-state index in [0.29, 0.717) is 5.92 Å². The van der Waals surface area contributed by atoms with Crippen LogP contribution in [0.3, 0.4) is 0 Å². The Morgan fingerprint density at radius 1 is 0.880 bits per heavy atom. The molecule has 0 aromatic heterocycles. The maximum atomic E-state index is 6.16. The van der Waals surface area contributed by atoms with Crippen molar-refractivity contribution in [3.63, 3.8) is 0 Å². The van der Waals surface area contributed by atoms with E-state index in [4.69, 9.17) is 4.74 Å². The molecule has 3 heteroatoms. The Morgan fingerprint density at radius 2 is 1.48 bits per heavy atom. The molecule has 0 aliphatic heterocycles. The van der Waals surface area contributed by atoms with Crippen LogP contribution in [-0.4, -0.2) is 6.10 Å². The molecule has 0 amide bonds. The van der Waals surface area contributed by atoms with E-state index >= 15 is 0 Å². The second-order valence-corrected chi connectivity index (χ2v) is 8.58. The zero-order valence-corrected chi connectivity index (χ0v) is 18.8. The molecule has 0 heterocycles. The number of rotatable bonds is 8. The topological polar surface area (TPSA) is 9.23 Å². The average molecular weight is 468 g/mol. The van der Waals surface area contributed by atoms with Gasteiger partial charge < -0.3 is 4.74 Å². The van der Waals surface area contributed by atoms with Gasteiger partial charge in [-0.1, -0.05) is 54.9 Å². The van der Waals surface area contributed by atoms with Crippen molar-refractivity contribution in [1.82, 2.24) is 0 Å². The van der Waals surface area contributed by atoms with Crippen LogP contribution in [0.4, 0.5) is 0 Å². The molecule has 0 N–H and O–H groups in total. The van der Waals surface area contributed by atoms with E-state index in [0.717, 1.165) is 35.9 Å². The Balaban J connectivity index is 1.92. The molecule has 2 atom stereocenters. The monoisotopic (exact) mass is 466 g/mol. The Labute approximate surface area is 169 Å². The summed E-state index contributed by atoms with van der Waals surface area (Å²) in [4.78, 5) is 0. The van der Waals surface area contributed by atoms with Crippen molar-refractivity contribution in [2.75, 3.05) is 0 Å². The van der Waals surface area contributed by atoms with Gasteiger partial charge in [0.1, 0.15) is 5.75 Å². The Bertz CT molecular complexity index is 637. The SMILES string of the molecule is CCc1ccc(C[C@@H](C)C[C@H](C)Oc2ccc(CC)cc2Br)c(Br)c1. The van der Waals surface area contributed by atoms with Crippen LogP contribution in [0.5, 0.6) is 5.75 Å². The molecule has 2 rings (SSSR count). The standard InChI is InChI=1S/C22H28Br2O/c1-5-17-7-9-19(20(23)13-17)12-15(3)11-16(4)25-22-10-8-18(6-2)14-21(22)24/h7-10,13-16H,5-6,11-12H2,1-4H3/t15-,16-/m0/s1. The van der Waals surface area contributed by atoms with Crippen molar-refractivity contribution < 1.29 is 4.74 Å². The second-order valence-electron chi connectivity index (χ2n) is 6.87. The highest BCUT2D eigenvalue weighted by molar-refractivity contribution is 9.10. The van der Waals surface area contributed by atoms with E-state index in [9.17, 15) is 0 Å². The smallest absolute Gasteiger partial charge is 0.133 e. The number of benzene rings is 2. The average Bonchev–Trinajstić information content (AvgIpc) is 2.58. The fourth-order valence-corrected chi connectivity index (χ4v) is 4.23. The van der Waals surface area contributed by atoms with Crippen LogP contribution in [0.2, 0.25) is 0 Å². The summed E-state index contributed by atoms with van der Waals surface area (Å²) in [5.41, 5.74) is 4.08. The van der Waals surface area contributed by atoms with Crippen LogP contribution in [0.15, 0.2) is 45.3 Å². The first-order valence-corrected chi connectivity index (χ1v) is 10.7. The van der Waals surface area contributed by atoms with Crippen molar-refractivity contribution in [2.45, 2.75) is 59.5 Å². The highest BCUT2D eigenvalue weighted by atomic mass is 79.9. The lowest BCUT2D eigenvalue weighted by molar-refractivity contribution is 0.188. The van der Waals surface area contributed by atoms with E-state index in [1.165, 1.54) is 21.2 Å². The van der Waals surface area contributed by atoms with Gasteiger partial charge in [0.25, 0.3) is 0 Å². The van der Waals surface area contributed by atoms with Gasteiger partial charge in [-0.3, -0.25) is 0 Å². The molecule has 2 aromatic rings. The molecule has 1 nitrogen and oxygen atoms in total. The van der Waals surface area contributed by atoms with E-state index in [2.05, 4.69) is 96.0 Å². The molecule has 2 aromatic carbocycles. The molecule has 0 fully saturated rings. The van der Waals surface area contributed by atoms with Gasteiger partial charge in [0, 0.05) is 4.47 Å². The van der Waals surface area contributed by atoms with E-state index in [1.807, 2.05) is 0 Å². The van der Waals surface area contributed by atoms with E-state index in [-0.39, 0.29) is 6.10 Å². The van der Waals surface area contributed by atoms with Gasteiger partial charge in [-0.15, -0.1) is 0 Å². The van der Waals surface area contributed by atoms with Crippen molar-refractivity contribution in [1.29, 1.82) is 0 Å². The number of aryl methyl sites for hydroxylation is 2. The minimum absolute atomic E-state index is 0.187. The molecule has 0 aliphatic carbocycles. The highest BCUT2D eigenvalue weighted by Gasteiger charge is 2.14. The Kier molecular flexibility index (Phi) is 8.02. The first-order chi connectivity index (χ1) is 11.9. The molecular formula is C22H28Br2O. The molecule has 0 spiro atoms. The molecule has 136 valence electrons. The maximum absolute atomic E-state index is 6.16. The summed E-state index contributed by atoms with van der Waals surface area (Å²) in [5, 5.41) is 0. The van der Waals surface area contributed by atoms with Gasteiger partial charge in [-0.05, 0) is 89.3 Å². The Hall–Kier alpha value is -0.800. The molecule has 0 unspecified atom stereocenters.